The maximum absolute atomic E-state index is 2.30. The Bertz CT molecular complexity index is 221. The Morgan fingerprint density at radius 2 is 1.47 bits per heavy atom. The van der Waals surface area contributed by atoms with Crippen LogP contribution in [0.2, 0.25) is 0 Å². The van der Waals surface area contributed by atoms with E-state index in [0.29, 0.717) is 7.92 Å². The summed E-state index contributed by atoms with van der Waals surface area (Å²) in [4.78, 5) is 0. The first-order chi connectivity index (χ1) is 7.20. The van der Waals surface area contributed by atoms with Crippen molar-refractivity contribution in [3.63, 3.8) is 0 Å². The quantitative estimate of drug-likeness (QED) is 0.413. The van der Waals surface area contributed by atoms with Crippen molar-refractivity contribution < 1.29 is 0 Å². The fourth-order valence-electron chi connectivity index (χ4n) is 1.51. The van der Waals surface area contributed by atoms with E-state index in [9.17, 15) is 0 Å². The molecule has 0 heterocycles. The maximum atomic E-state index is 2.30. The van der Waals surface area contributed by atoms with E-state index < -0.39 is 0 Å². The molecule has 2 aliphatic carbocycles. The first-order valence-corrected chi connectivity index (χ1v) is 8.51. The third-order valence-corrected chi connectivity index (χ3v) is 2.06. The molecular formula is C14H25P. The van der Waals surface area contributed by atoms with E-state index in [1.54, 1.807) is 0 Å². The van der Waals surface area contributed by atoms with Crippen molar-refractivity contribution in [2.45, 2.75) is 20.3 Å². The zero-order chi connectivity index (χ0) is 11.7. The minimum absolute atomic E-state index is 0.380. The minimum atomic E-state index is 0.380. The van der Waals surface area contributed by atoms with Crippen LogP contribution in [0.5, 0.6) is 0 Å². The number of rotatable bonds is 0. The van der Waals surface area contributed by atoms with E-state index in [1.165, 1.54) is 6.42 Å². The van der Waals surface area contributed by atoms with Gasteiger partial charge in [-0.25, -0.2) is 0 Å². The lowest BCUT2D eigenvalue weighted by Crippen LogP contribution is -2.03. The zero-order valence-corrected chi connectivity index (χ0v) is 11.7. The average molecular weight is 224 g/mol. The molecule has 2 unspecified atom stereocenters. The van der Waals surface area contributed by atoms with Crippen LogP contribution in [0.3, 0.4) is 0 Å². The molecule has 0 saturated heterocycles. The first kappa shape index (κ1) is 14.6. The highest BCUT2D eigenvalue weighted by molar-refractivity contribution is 7.55. The second-order valence-electron chi connectivity index (χ2n) is 4.02. The van der Waals surface area contributed by atoms with Crippen molar-refractivity contribution in [1.82, 2.24) is 0 Å². The molecule has 0 aliphatic heterocycles. The van der Waals surface area contributed by atoms with Crippen LogP contribution in [0.15, 0.2) is 36.5 Å². The molecule has 0 aromatic rings. The molecule has 0 radical (unpaired) electrons. The van der Waals surface area contributed by atoms with Crippen LogP contribution in [0.25, 0.3) is 0 Å². The second-order valence-corrected chi connectivity index (χ2v) is 6.70. The van der Waals surface area contributed by atoms with E-state index in [0.717, 1.165) is 11.8 Å². The highest BCUT2D eigenvalue weighted by Gasteiger charge is 2.18. The van der Waals surface area contributed by atoms with Crippen LogP contribution < -0.4 is 0 Å². The van der Waals surface area contributed by atoms with Gasteiger partial charge in [-0.15, -0.1) is 7.92 Å². The molecule has 0 aromatic carbocycles. The lowest BCUT2D eigenvalue weighted by Gasteiger charge is -2.13. The normalized spacial score (nSPS) is 25.2. The Morgan fingerprint density at radius 1 is 0.933 bits per heavy atom. The van der Waals surface area contributed by atoms with Gasteiger partial charge in [-0.1, -0.05) is 50.3 Å². The largest absolute Gasteiger partial charge is 0.116 e. The molecule has 0 saturated carbocycles. The second kappa shape index (κ2) is 8.92. The molecule has 0 amide bonds. The predicted octanol–water partition coefficient (Wildman–Crippen LogP) is 4.69. The van der Waals surface area contributed by atoms with Gasteiger partial charge in [-0.3, -0.25) is 0 Å². The Kier molecular flexibility index (Phi) is 8.71. The topological polar surface area (TPSA) is 0 Å². The van der Waals surface area contributed by atoms with E-state index >= 15 is 0 Å². The summed E-state index contributed by atoms with van der Waals surface area (Å²) >= 11 is 0. The van der Waals surface area contributed by atoms with Crippen molar-refractivity contribution >= 4 is 7.92 Å². The lowest BCUT2D eigenvalue weighted by atomic mass is 9.92. The Balaban J connectivity index is 0.000000282. The highest BCUT2D eigenvalue weighted by Crippen LogP contribution is 2.29. The SMILES string of the molecule is C1=CC2C=CCC2C=C1.CC.CP(C)C. The fourth-order valence-corrected chi connectivity index (χ4v) is 1.51. The molecule has 0 aromatic heterocycles. The summed E-state index contributed by atoms with van der Waals surface area (Å²) < 4.78 is 0. The minimum Gasteiger partial charge on any atom is -0.116 e. The van der Waals surface area contributed by atoms with Gasteiger partial charge in [-0.05, 0) is 32.3 Å². The number of hydrogen-bond acceptors (Lipinski definition) is 0. The van der Waals surface area contributed by atoms with Crippen LogP contribution in [0, 0.1) is 11.8 Å². The molecule has 1 heteroatoms. The van der Waals surface area contributed by atoms with Crippen LogP contribution >= 0.6 is 7.92 Å². The summed E-state index contributed by atoms with van der Waals surface area (Å²) in [5, 5.41) is 0. The van der Waals surface area contributed by atoms with Gasteiger partial charge >= 0.3 is 0 Å². The molecular weight excluding hydrogens is 199 g/mol. The van der Waals surface area contributed by atoms with Crippen LogP contribution in [-0.4, -0.2) is 20.0 Å². The van der Waals surface area contributed by atoms with Crippen molar-refractivity contribution in [3.05, 3.63) is 36.5 Å². The molecule has 86 valence electrons. The van der Waals surface area contributed by atoms with Crippen molar-refractivity contribution in [3.8, 4) is 0 Å². The summed E-state index contributed by atoms with van der Waals surface area (Å²) in [5.74, 6) is 1.50. The zero-order valence-electron chi connectivity index (χ0n) is 10.8. The van der Waals surface area contributed by atoms with Gasteiger partial charge in [0, 0.05) is 5.92 Å². The molecule has 2 aliphatic rings. The molecule has 15 heavy (non-hydrogen) atoms. The smallest absolute Gasteiger partial charge is 0.00156 e. The van der Waals surface area contributed by atoms with Crippen LogP contribution in [0.1, 0.15) is 20.3 Å². The van der Waals surface area contributed by atoms with E-state index in [-0.39, 0.29) is 0 Å². The highest BCUT2D eigenvalue weighted by atomic mass is 31.1. The third kappa shape index (κ3) is 6.68. The van der Waals surface area contributed by atoms with Gasteiger partial charge in [0.05, 0.1) is 0 Å². The number of fused-ring (bicyclic) bond motifs is 1. The van der Waals surface area contributed by atoms with Crippen LogP contribution in [-0.2, 0) is 0 Å². The molecule has 0 spiro atoms. The summed E-state index contributed by atoms with van der Waals surface area (Å²) in [6.45, 7) is 10.7. The van der Waals surface area contributed by atoms with Crippen molar-refractivity contribution in [1.29, 1.82) is 0 Å². The van der Waals surface area contributed by atoms with Crippen LogP contribution in [0.4, 0.5) is 0 Å². The van der Waals surface area contributed by atoms with Gasteiger partial charge < -0.3 is 0 Å². The monoisotopic (exact) mass is 224 g/mol. The van der Waals surface area contributed by atoms with Gasteiger partial charge in [0.1, 0.15) is 0 Å². The predicted molar refractivity (Wildman–Crippen MR) is 75.1 cm³/mol. The standard InChI is InChI=1S/C9H10.C3H9P.C2H6/c1-2-5-9-7-3-6-8(9)4-1;1-4(2)3;1-2/h1-6,8-9H,7H2;1-3H3;1-2H3. The van der Waals surface area contributed by atoms with Gasteiger partial charge in [0.25, 0.3) is 0 Å². The Hall–Kier alpha value is -0.350. The molecule has 0 nitrogen and oxygen atoms in total. The summed E-state index contributed by atoms with van der Waals surface area (Å²) in [7, 11) is 0.380. The van der Waals surface area contributed by atoms with Gasteiger partial charge in [0.15, 0.2) is 0 Å². The molecule has 2 rings (SSSR count). The first-order valence-electron chi connectivity index (χ1n) is 5.82. The van der Waals surface area contributed by atoms with Gasteiger partial charge in [0.2, 0.25) is 0 Å². The van der Waals surface area contributed by atoms with Crippen molar-refractivity contribution in [2.75, 3.05) is 20.0 Å². The van der Waals surface area contributed by atoms with E-state index in [2.05, 4.69) is 56.5 Å². The average Bonchev–Trinajstić information content (AvgIpc) is 2.67. The summed E-state index contributed by atoms with van der Waals surface area (Å²) in [6, 6.07) is 0. The Labute approximate surface area is 96.9 Å². The Morgan fingerprint density at radius 3 is 2.00 bits per heavy atom. The fraction of sp³-hybridized carbons (Fsp3) is 0.571. The number of hydrogen-bond donors (Lipinski definition) is 0. The molecule has 0 N–H and O–H groups in total. The summed E-state index contributed by atoms with van der Waals surface area (Å²) in [5.41, 5.74) is 0. The molecule has 0 fully saturated rings. The summed E-state index contributed by atoms with van der Waals surface area (Å²) in [6.07, 6.45) is 14.7. The van der Waals surface area contributed by atoms with E-state index in [4.69, 9.17) is 0 Å². The molecule has 0 bridgehead atoms. The molecule has 2 atom stereocenters. The van der Waals surface area contributed by atoms with E-state index in [1.807, 2.05) is 13.8 Å². The number of allylic oxidation sites excluding steroid dienone is 6. The lowest BCUT2D eigenvalue weighted by molar-refractivity contribution is 0.596. The van der Waals surface area contributed by atoms with Gasteiger partial charge in [-0.2, -0.15) is 0 Å². The third-order valence-electron chi connectivity index (χ3n) is 2.06. The maximum Gasteiger partial charge on any atom is 0.00156 e. The van der Waals surface area contributed by atoms with Crippen molar-refractivity contribution in [2.24, 2.45) is 11.8 Å².